The SMILES string of the molecule is Nc1n[nH]c(C(=O)Nc2ccc(Cl)c(Br)c2)n1. The van der Waals surface area contributed by atoms with E-state index in [0.717, 1.165) is 0 Å². The highest BCUT2D eigenvalue weighted by Crippen LogP contribution is 2.25. The molecule has 0 spiro atoms. The first-order chi connectivity index (χ1) is 8.06. The Bertz CT molecular complexity index is 570. The molecule has 4 N–H and O–H groups in total. The molecule has 0 aliphatic rings. The number of nitrogens with zero attached hydrogens (tertiary/aromatic N) is 2. The van der Waals surface area contributed by atoms with Gasteiger partial charge in [-0.2, -0.15) is 4.98 Å². The van der Waals surface area contributed by atoms with Crippen LogP contribution >= 0.6 is 27.5 Å². The molecule has 88 valence electrons. The van der Waals surface area contributed by atoms with Crippen LogP contribution < -0.4 is 11.1 Å². The molecule has 0 aliphatic carbocycles. The van der Waals surface area contributed by atoms with Crippen LogP contribution in [0.1, 0.15) is 10.6 Å². The number of rotatable bonds is 2. The maximum Gasteiger partial charge on any atom is 0.293 e. The Morgan fingerprint density at radius 2 is 2.29 bits per heavy atom. The number of anilines is 2. The molecule has 8 heteroatoms. The van der Waals surface area contributed by atoms with E-state index in [4.69, 9.17) is 17.3 Å². The van der Waals surface area contributed by atoms with E-state index < -0.39 is 5.91 Å². The molecule has 1 amide bonds. The van der Waals surface area contributed by atoms with Gasteiger partial charge in [0.15, 0.2) is 0 Å². The molecule has 0 bridgehead atoms. The van der Waals surface area contributed by atoms with Crippen LogP contribution in [-0.2, 0) is 0 Å². The van der Waals surface area contributed by atoms with Gasteiger partial charge in [-0.05, 0) is 34.1 Å². The summed E-state index contributed by atoms with van der Waals surface area (Å²) in [6, 6.07) is 5.01. The first kappa shape index (κ1) is 11.9. The van der Waals surface area contributed by atoms with E-state index in [0.29, 0.717) is 15.2 Å². The molecule has 0 aliphatic heterocycles. The van der Waals surface area contributed by atoms with Crippen molar-refractivity contribution in [3.63, 3.8) is 0 Å². The zero-order chi connectivity index (χ0) is 12.4. The predicted octanol–water partition coefficient (Wildman–Crippen LogP) is 2.06. The third-order valence-corrected chi connectivity index (χ3v) is 3.11. The normalized spacial score (nSPS) is 10.2. The van der Waals surface area contributed by atoms with E-state index in [2.05, 4.69) is 36.4 Å². The number of hydrogen-bond acceptors (Lipinski definition) is 4. The van der Waals surface area contributed by atoms with Gasteiger partial charge in [0.05, 0.1) is 5.02 Å². The largest absolute Gasteiger partial charge is 0.366 e. The van der Waals surface area contributed by atoms with E-state index in [1.54, 1.807) is 18.2 Å². The minimum absolute atomic E-state index is 0.0208. The average molecular weight is 317 g/mol. The number of hydrogen-bond donors (Lipinski definition) is 3. The molecule has 1 heterocycles. The lowest BCUT2D eigenvalue weighted by atomic mass is 10.3. The van der Waals surface area contributed by atoms with Crippen molar-refractivity contribution in [2.45, 2.75) is 0 Å². The highest BCUT2D eigenvalue weighted by Gasteiger charge is 2.11. The fourth-order valence-electron chi connectivity index (χ4n) is 1.14. The number of amides is 1. The van der Waals surface area contributed by atoms with Crippen LogP contribution in [0.4, 0.5) is 11.6 Å². The van der Waals surface area contributed by atoms with Gasteiger partial charge in [-0.15, -0.1) is 5.10 Å². The zero-order valence-electron chi connectivity index (χ0n) is 8.37. The van der Waals surface area contributed by atoms with Gasteiger partial charge in [0.1, 0.15) is 0 Å². The second-order valence-corrected chi connectivity index (χ2v) is 4.39. The van der Waals surface area contributed by atoms with Gasteiger partial charge in [-0.3, -0.25) is 9.89 Å². The summed E-state index contributed by atoms with van der Waals surface area (Å²) in [5.74, 6) is -0.357. The topological polar surface area (TPSA) is 96.7 Å². The molecule has 0 unspecified atom stereocenters. The molecule has 0 saturated heterocycles. The predicted molar refractivity (Wildman–Crippen MR) is 67.9 cm³/mol. The molecule has 6 nitrogen and oxygen atoms in total. The number of nitrogens with one attached hydrogen (secondary N) is 2. The lowest BCUT2D eigenvalue weighted by molar-refractivity contribution is 0.101. The van der Waals surface area contributed by atoms with Crippen LogP contribution in [0.25, 0.3) is 0 Å². The Labute approximate surface area is 110 Å². The first-order valence-corrected chi connectivity index (χ1v) is 5.67. The molecule has 0 saturated carbocycles. The van der Waals surface area contributed by atoms with Crippen molar-refractivity contribution in [2.24, 2.45) is 0 Å². The van der Waals surface area contributed by atoms with E-state index in [1.165, 1.54) is 0 Å². The van der Waals surface area contributed by atoms with Crippen LogP contribution in [0.2, 0.25) is 5.02 Å². The quantitative estimate of drug-likeness (QED) is 0.790. The first-order valence-electron chi connectivity index (χ1n) is 4.50. The average Bonchev–Trinajstić information content (AvgIpc) is 2.70. The smallest absolute Gasteiger partial charge is 0.293 e. The summed E-state index contributed by atoms with van der Waals surface area (Å²) >= 11 is 9.09. The fourth-order valence-corrected chi connectivity index (χ4v) is 1.64. The lowest BCUT2D eigenvalue weighted by Crippen LogP contribution is -2.13. The van der Waals surface area contributed by atoms with Crippen molar-refractivity contribution < 1.29 is 4.79 Å². The van der Waals surface area contributed by atoms with Crippen molar-refractivity contribution >= 4 is 45.1 Å². The van der Waals surface area contributed by atoms with E-state index in [-0.39, 0.29) is 11.8 Å². The monoisotopic (exact) mass is 315 g/mol. The third-order valence-electron chi connectivity index (χ3n) is 1.90. The lowest BCUT2D eigenvalue weighted by Gasteiger charge is -2.04. The molecule has 0 radical (unpaired) electrons. The number of carbonyl (C=O) groups is 1. The van der Waals surface area contributed by atoms with Gasteiger partial charge < -0.3 is 11.1 Å². The van der Waals surface area contributed by atoms with Crippen molar-refractivity contribution in [2.75, 3.05) is 11.1 Å². The highest BCUT2D eigenvalue weighted by molar-refractivity contribution is 9.10. The fraction of sp³-hybridized carbons (Fsp3) is 0. The number of carbonyl (C=O) groups excluding carboxylic acids is 1. The van der Waals surface area contributed by atoms with E-state index in [9.17, 15) is 4.79 Å². The van der Waals surface area contributed by atoms with Crippen LogP contribution in [0.15, 0.2) is 22.7 Å². The summed E-state index contributed by atoms with van der Waals surface area (Å²) in [5.41, 5.74) is 5.88. The number of nitrogen functional groups attached to an aromatic ring is 1. The van der Waals surface area contributed by atoms with Gasteiger partial charge in [0.25, 0.3) is 5.91 Å². The number of halogens is 2. The number of nitrogens with two attached hydrogens (primary N) is 1. The van der Waals surface area contributed by atoms with Crippen LogP contribution in [0.5, 0.6) is 0 Å². The standard InChI is InChI=1S/C9H7BrClN5O/c10-5-3-4(1-2-6(5)11)13-8(17)7-14-9(12)16-15-7/h1-3H,(H,13,17)(H3,12,14,15,16). The Hall–Kier alpha value is -1.60. The second-order valence-electron chi connectivity index (χ2n) is 3.13. The molecular formula is C9H7BrClN5O. The summed E-state index contributed by atoms with van der Waals surface area (Å²) in [4.78, 5) is 15.4. The summed E-state index contributed by atoms with van der Waals surface area (Å²) in [6.07, 6.45) is 0. The molecule has 0 atom stereocenters. The molecular weight excluding hydrogens is 309 g/mol. The summed E-state index contributed by atoms with van der Waals surface area (Å²) in [6.45, 7) is 0. The van der Waals surface area contributed by atoms with Crippen LogP contribution in [0, 0.1) is 0 Å². The third kappa shape index (κ3) is 2.75. The Morgan fingerprint density at radius 1 is 1.53 bits per heavy atom. The van der Waals surface area contributed by atoms with Crippen molar-refractivity contribution in [3.05, 3.63) is 33.5 Å². The molecule has 1 aromatic heterocycles. The minimum Gasteiger partial charge on any atom is -0.366 e. The molecule has 17 heavy (non-hydrogen) atoms. The molecule has 0 fully saturated rings. The molecule has 2 aromatic rings. The van der Waals surface area contributed by atoms with Crippen molar-refractivity contribution in [1.82, 2.24) is 15.2 Å². The summed E-state index contributed by atoms with van der Waals surface area (Å²) in [7, 11) is 0. The molecule has 2 rings (SSSR count). The van der Waals surface area contributed by atoms with Crippen LogP contribution in [0.3, 0.4) is 0 Å². The highest BCUT2D eigenvalue weighted by atomic mass is 79.9. The Balaban J connectivity index is 2.15. The Kier molecular flexibility index (Phi) is 3.30. The van der Waals surface area contributed by atoms with Gasteiger partial charge in [-0.1, -0.05) is 11.6 Å². The maximum atomic E-state index is 11.7. The van der Waals surface area contributed by atoms with E-state index in [1.807, 2.05) is 0 Å². The van der Waals surface area contributed by atoms with Crippen molar-refractivity contribution in [1.29, 1.82) is 0 Å². The van der Waals surface area contributed by atoms with Gasteiger partial charge in [0.2, 0.25) is 11.8 Å². The number of H-pyrrole nitrogens is 1. The van der Waals surface area contributed by atoms with Crippen LogP contribution in [-0.4, -0.2) is 21.1 Å². The van der Waals surface area contributed by atoms with Gasteiger partial charge in [0, 0.05) is 10.2 Å². The number of aromatic amines is 1. The van der Waals surface area contributed by atoms with Gasteiger partial charge in [-0.25, -0.2) is 0 Å². The van der Waals surface area contributed by atoms with E-state index >= 15 is 0 Å². The van der Waals surface area contributed by atoms with Crippen molar-refractivity contribution in [3.8, 4) is 0 Å². The second kappa shape index (κ2) is 4.72. The minimum atomic E-state index is -0.427. The maximum absolute atomic E-state index is 11.7. The van der Waals surface area contributed by atoms with Gasteiger partial charge >= 0.3 is 0 Å². The zero-order valence-corrected chi connectivity index (χ0v) is 10.7. The summed E-state index contributed by atoms with van der Waals surface area (Å²) < 4.78 is 0.689. The number of benzene rings is 1. The Morgan fingerprint density at radius 3 is 2.88 bits per heavy atom. The number of aromatic nitrogens is 3. The summed E-state index contributed by atoms with van der Waals surface area (Å²) in [5, 5.41) is 9.16. The molecule has 1 aromatic carbocycles.